The molecule has 1 aromatic carbocycles. The summed E-state index contributed by atoms with van der Waals surface area (Å²) in [6.45, 7) is 0.849. The molecule has 164 valence electrons. The molecule has 0 N–H and O–H groups in total. The maximum Gasteiger partial charge on any atom is 0.254 e. The number of pyridine rings is 1. The highest BCUT2D eigenvalue weighted by atomic mass is 19.1. The van der Waals surface area contributed by atoms with Crippen LogP contribution in [0.15, 0.2) is 42.7 Å². The fourth-order valence-corrected chi connectivity index (χ4v) is 5.75. The Hall–Kier alpha value is -3.22. The van der Waals surface area contributed by atoms with Crippen LogP contribution in [-0.4, -0.2) is 42.6 Å². The lowest BCUT2D eigenvalue weighted by Gasteiger charge is -2.44. The number of rotatable bonds is 2. The van der Waals surface area contributed by atoms with Crippen molar-refractivity contribution < 1.29 is 9.18 Å². The van der Waals surface area contributed by atoms with Gasteiger partial charge in [0.15, 0.2) is 0 Å². The summed E-state index contributed by atoms with van der Waals surface area (Å²) < 4.78 is 17.4. The molecule has 1 saturated carbocycles. The molecule has 2 fully saturated rings. The lowest BCUT2D eigenvalue weighted by Crippen LogP contribution is -2.49. The molecule has 1 amide bonds. The van der Waals surface area contributed by atoms with Crippen LogP contribution in [0.5, 0.6) is 0 Å². The minimum atomic E-state index is -0.326. The van der Waals surface area contributed by atoms with E-state index in [0.717, 1.165) is 41.7 Å². The Morgan fingerprint density at radius 3 is 2.84 bits per heavy atom. The fraction of sp³-hybridized carbons (Fsp3) is 0.400. The van der Waals surface area contributed by atoms with Gasteiger partial charge in [0, 0.05) is 36.8 Å². The highest BCUT2D eigenvalue weighted by Gasteiger charge is 2.36. The summed E-state index contributed by atoms with van der Waals surface area (Å²) in [5, 5.41) is 5.62. The van der Waals surface area contributed by atoms with Crippen LogP contribution in [0.2, 0.25) is 0 Å². The number of halogens is 1. The monoisotopic (exact) mass is 431 g/mol. The number of hydrogen-bond acceptors (Lipinski definition) is 3. The van der Waals surface area contributed by atoms with E-state index >= 15 is 0 Å². The zero-order valence-corrected chi connectivity index (χ0v) is 18.2. The smallest absolute Gasteiger partial charge is 0.254 e. The number of nitrogens with zero attached hydrogens (tertiary/aromatic N) is 5. The zero-order chi connectivity index (χ0) is 21.8. The van der Waals surface area contributed by atoms with Crippen LogP contribution in [0.1, 0.15) is 48.9 Å². The van der Waals surface area contributed by atoms with E-state index in [9.17, 15) is 9.18 Å². The topological polar surface area (TPSA) is 55.4 Å². The van der Waals surface area contributed by atoms with E-state index in [4.69, 9.17) is 5.10 Å². The Labute approximate surface area is 185 Å². The summed E-state index contributed by atoms with van der Waals surface area (Å²) in [4.78, 5) is 20.0. The van der Waals surface area contributed by atoms with Crippen molar-refractivity contribution in [1.82, 2.24) is 24.1 Å². The number of carbonyl (C=O) groups excluding carboxylic acids is 1. The molecule has 2 atom stereocenters. The average Bonchev–Trinajstić information content (AvgIpc) is 3.38. The zero-order valence-electron chi connectivity index (χ0n) is 18.2. The normalized spacial score (nSPS) is 21.2. The van der Waals surface area contributed by atoms with Gasteiger partial charge < -0.3 is 4.90 Å². The minimum Gasteiger partial charge on any atom is -0.335 e. The number of piperidine rings is 1. The highest BCUT2D eigenvalue weighted by Crippen LogP contribution is 2.36. The van der Waals surface area contributed by atoms with E-state index < -0.39 is 0 Å². The predicted octanol–water partition coefficient (Wildman–Crippen LogP) is 4.82. The van der Waals surface area contributed by atoms with E-state index in [-0.39, 0.29) is 11.7 Å². The molecule has 7 heteroatoms. The van der Waals surface area contributed by atoms with Gasteiger partial charge >= 0.3 is 0 Å². The van der Waals surface area contributed by atoms with Crippen molar-refractivity contribution in [1.29, 1.82) is 0 Å². The summed E-state index contributed by atoms with van der Waals surface area (Å²) in [6, 6.07) is 9.26. The maximum absolute atomic E-state index is 13.8. The predicted molar refractivity (Wildman–Crippen MR) is 121 cm³/mol. The number of aryl methyl sites for hydroxylation is 1. The van der Waals surface area contributed by atoms with Gasteiger partial charge in [0.1, 0.15) is 17.2 Å². The second-order valence-corrected chi connectivity index (χ2v) is 9.18. The second kappa shape index (κ2) is 7.43. The third kappa shape index (κ3) is 3.02. The van der Waals surface area contributed by atoms with Crippen molar-refractivity contribution >= 4 is 22.5 Å². The molecule has 6 nitrogen and oxygen atoms in total. The van der Waals surface area contributed by atoms with Crippen molar-refractivity contribution in [2.75, 3.05) is 6.54 Å². The van der Waals surface area contributed by atoms with Crippen LogP contribution >= 0.6 is 0 Å². The number of aromatic nitrogens is 4. The molecule has 4 heterocycles. The van der Waals surface area contributed by atoms with Crippen LogP contribution < -0.4 is 0 Å². The molecule has 2 aliphatic rings. The molecule has 0 radical (unpaired) electrons. The minimum absolute atomic E-state index is 0.128. The molecular weight excluding hydrogens is 405 g/mol. The van der Waals surface area contributed by atoms with E-state index in [0.29, 0.717) is 23.2 Å². The molecular formula is C25H26FN5O. The Balaban J connectivity index is 1.39. The first-order valence-corrected chi connectivity index (χ1v) is 11.5. The molecule has 2 unspecified atom stereocenters. The Bertz CT molecular complexity index is 1340. The van der Waals surface area contributed by atoms with Crippen LogP contribution in [0.25, 0.3) is 27.9 Å². The van der Waals surface area contributed by atoms with Gasteiger partial charge in [-0.3, -0.25) is 13.9 Å². The number of carbonyl (C=O) groups is 1. The number of likely N-dealkylation sites (tertiary alicyclic amines) is 1. The van der Waals surface area contributed by atoms with Gasteiger partial charge in [-0.2, -0.15) is 5.10 Å². The van der Waals surface area contributed by atoms with Gasteiger partial charge in [0.2, 0.25) is 0 Å². The third-order valence-electron chi connectivity index (χ3n) is 7.31. The molecule has 3 aromatic heterocycles. The van der Waals surface area contributed by atoms with Gasteiger partial charge in [-0.25, -0.2) is 9.37 Å². The molecule has 1 aliphatic heterocycles. The van der Waals surface area contributed by atoms with Gasteiger partial charge in [-0.1, -0.05) is 12.8 Å². The third-order valence-corrected chi connectivity index (χ3v) is 7.31. The molecule has 0 bridgehead atoms. The first-order valence-electron chi connectivity index (χ1n) is 11.5. The summed E-state index contributed by atoms with van der Waals surface area (Å²) in [5.41, 5.74) is 3.71. The lowest BCUT2D eigenvalue weighted by molar-refractivity contribution is 0.0391. The average molecular weight is 432 g/mol. The van der Waals surface area contributed by atoms with Crippen LogP contribution in [0, 0.1) is 11.7 Å². The number of hydrogen-bond donors (Lipinski definition) is 0. The Morgan fingerprint density at radius 1 is 1.09 bits per heavy atom. The van der Waals surface area contributed by atoms with E-state index in [2.05, 4.69) is 9.88 Å². The first kappa shape index (κ1) is 19.5. The lowest BCUT2D eigenvalue weighted by atomic mass is 9.78. The van der Waals surface area contributed by atoms with E-state index in [1.54, 1.807) is 21.3 Å². The number of imidazole rings is 1. The fourth-order valence-electron chi connectivity index (χ4n) is 5.75. The van der Waals surface area contributed by atoms with E-state index in [1.807, 2.05) is 25.2 Å². The molecule has 4 aromatic rings. The van der Waals surface area contributed by atoms with Crippen molar-refractivity contribution in [3.8, 4) is 11.4 Å². The number of amides is 1. The van der Waals surface area contributed by atoms with Crippen molar-refractivity contribution in [3.05, 3.63) is 54.1 Å². The van der Waals surface area contributed by atoms with E-state index in [1.165, 1.54) is 37.9 Å². The van der Waals surface area contributed by atoms with Crippen LogP contribution in [-0.2, 0) is 7.05 Å². The second-order valence-electron chi connectivity index (χ2n) is 9.18. The Morgan fingerprint density at radius 2 is 1.94 bits per heavy atom. The van der Waals surface area contributed by atoms with Gasteiger partial charge in [-0.05, 0) is 61.9 Å². The summed E-state index contributed by atoms with van der Waals surface area (Å²) in [7, 11) is 1.88. The van der Waals surface area contributed by atoms with Crippen molar-refractivity contribution in [2.45, 2.75) is 44.6 Å². The first-order chi connectivity index (χ1) is 15.6. The van der Waals surface area contributed by atoms with Crippen molar-refractivity contribution in [3.63, 3.8) is 0 Å². The molecule has 6 rings (SSSR count). The summed E-state index contributed by atoms with van der Waals surface area (Å²) in [6.07, 6.45) is 10.4. The standard InChI is InChI=1S/C25H26FN5O/c1-29-21-13-17(25(32)30-12-4-6-16-5-2-3-7-20(16)30)8-10-19(21)24(28-29)22-14-27-23-11-9-18(26)15-31(22)23/h8-11,13-16,20H,2-7,12H2,1H3. The van der Waals surface area contributed by atoms with Crippen LogP contribution in [0.4, 0.5) is 4.39 Å². The van der Waals surface area contributed by atoms with Gasteiger partial charge in [-0.15, -0.1) is 0 Å². The number of fused-ring (bicyclic) bond motifs is 3. The molecule has 32 heavy (non-hydrogen) atoms. The molecule has 0 spiro atoms. The van der Waals surface area contributed by atoms with Gasteiger partial charge in [0.25, 0.3) is 5.91 Å². The quantitative estimate of drug-likeness (QED) is 0.457. The maximum atomic E-state index is 13.8. The Kier molecular flexibility index (Phi) is 4.52. The van der Waals surface area contributed by atoms with Crippen molar-refractivity contribution in [2.24, 2.45) is 13.0 Å². The molecule has 1 saturated heterocycles. The molecule has 1 aliphatic carbocycles. The SMILES string of the molecule is Cn1nc(-c2cnc3ccc(F)cn23)c2ccc(C(=O)N3CCCC4CCCCC43)cc21. The van der Waals surface area contributed by atoms with Gasteiger partial charge in [0.05, 0.1) is 17.4 Å². The van der Waals surface area contributed by atoms with Crippen LogP contribution in [0.3, 0.4) is 0 Å². The summed E-state index contributed by atoms with van der Waals surface area (Å²) >= 11 is 0. The largest absolute Gasteiger partial charge is 0.335 e. The summed E-state index contributed by atoms with van der Waals surface area (Å²) in [5.74, 6) is 0.458. The number of benzene rings is 1. The highest BCUT2D eigenvalue weighted by molar-refractivity contribution is 6.01.